The van der Waals surface area contributed by atoms with Crippen molar-refractivity contribution >= 4 is 44.2 Å². The van der Waals surface area contributed by atoms with Crippen LogP contribution in [-0.2, 0) is 27.4 Å². The average molecular weight is 585 g/mol. The molecule has 176 valence electrons. The van der Waals surface area contributed by atoms with Gasteiger partial charge in [-0.05, 0) is 47.6 Å². The Kier molecular flexibility index (Phi) is 6.59. The number of nitrogens with zero attached hydrogens (tertiary/aromatic N) is 3. The largest absolute Gasteiger partial charge is 0.479 e. The number of anilines is 1. The number of halogens is 4. The van der Waals surface area contributed by atoms with Crippen molar-refractivity contribution in [3.63, 3.8) is 0 Å². The fraction of sp³-hybridized carbons (Fsp3) is 0.500. The van der Waals surface area contributed by atoms with Crippen LogP contribution in [0.2, 0.25) is 0 Å². The number of aromatic nitrogens is 2. The Morgan fingerprint density at radius 3 is 2.53 bits per heavy atom. The van der Waals surface area contributed by atoms with Gasteiger partial charge in [0.2, 0.25) is 0 Å². The molecule has 0 bridgehead atoms. The molecule has 0 aliphatic carbocycles. The summed E-state index contributed by atoms with van der Waals surface area (Å²) in [6.45, 7) is 5.86. The van der Waals surface area contributed by atoms with E-state index in [1.807, 2.05) is 13.8 Å². The normalized spacial score (nSPS) is 22.0. The molecule has 0 amide bonds. The van der Waals surface area contributed by atoms with Gasteiger partial charge in [-0.3, -0.25) is 0 Å². The number of sulfone groups is 1. The van der Waals surface area contributed by atoms with Crippen LogP contribution in [0.4, 0.5) is 19.0 Å². The zero-order valence-electron chi connectivity index (χ0n) is 17.6. The number of aliphatic carboxylic acids is 1. The third kappa shape index (κ3) is 4.47. The third-order valence-corrected chi connectivity index (χ3v) is 8.92. The van der Waals surface area contributed by atoms with Gasteiger partial charge in [-0.2, -0.15) is 18.3 Å². The van der Waals surface area contributed by atoms with Crippen LogP contribution in [-0.4, -0.2) is 44.6 Å². The van der Waals surface area contributed by atoms with Crippen LogP contribution in [0.15, 0.2) is 35.2 Å². The number of hydrogen-bond donors (Lipinski definition) is 1. The minimum absolute atomic E-state index is 0.183. The predicted molar refractivity (Wildman–Crippen MR) is 121 cm³/mol. The summed E-state index contributed by atoms with van der Waals surface area (Å²) in [4.78, 5) is 12.8. The summed E-state index contributed by atoms with van der Waals surface area (Å²) in [7, 11) is -4.49. The first-order valence-electron chi connectivity index (χ1n) is 9.82. The summed E-state index contributed by atoms with van der Waals surface area (Å²) in [5, 5.41) is 13.0. The monoisotopic (exact) mass is 585 g/mol. The number of carbonyl (C=O) groups is 1. The highest BCUT2D eigenvalue weighted by Crippen LogP contribution is 2.45. The van der Waals surface area contributed by atoms with Crippen molar-refractivity contribution in [2.24, 2.45) is 5.92 Å². The maximum absolute atomic E-state index is 13.5. The van der Waals surface area contributed by atoms with Crippen molar-refractivity contribution in [3.8, 4) is 0 Å². The van der Waals surface area contributed by atoms with E-state index in [0.29, 0.717) is 18.1 Å². The Morgan fingerprint density at radius 2 is 1.97 bits per heavy atom. The fourth-order valence-corrected chi connectivity index (χ4v) is 7.07. The van der Waals surface area contributed by atoms with Gasteiger partial charge >= 0.3 is 12.1 Å². The molecule has 7 nitrogen and oxygen atoms in total. The Morgan fingerprint density at radius 1 is 1.34 bits per heavy atom. The van der Waals surface area contributed by atoms with Crippen molar-refractivity contribution in [2.75, 3.05) is 11.4 Å². The molecule has 2 heterocycles. The lowest BCUT2D eigenvalue weighted by Gasteiger charge is -2.31. The highest BCUT2D eigenvalue weighted by Gasteiger charge is 2.55. The van der Waals surface area contributed by atoms with E-state index < -0.39 is 41.2 Å². The Labute approximate surface area is 197 Å². The lowest BCUT2D eigenvalue weighted by molar-refractivity contribution is -0.140. The van der Waals surface area contributed by atoms with E-state index in [1.54, 1.807) is 40.3 Å². The van der Waals surface area contributed by atoms with E-state index in [4.69, 9.17) is 0 Å². The highest BCUT2D eigenvalue weighted by molar-refractivity contribution is 14.1. The molecule has 1 aliphatic rings. The van der Waals surface area contributed by atoms with Gasteiger partial charge in [-0.25, -0.2) is 17.9 Å². The molecule has 1 saturated heterocycles. The molecular weight excluding hydrogens is 562 g/mol. The number of alkyl halides is 4. The molecule has 1 N–H and O–H groups in total. The smallest absolute Gasteiger partial charge is 0.417 e. The lowest BCUT2D eigenvalue weighted by Crippen LogP contribution is -2.46. The molecule has 1 fully saturated rings. The molecule has 0 saturated carbocycles. The molecular formula is C20H23F3IN3O4S. The molecule has 1 aromatic heterocycles. The number of hydrogen-bond acceptors (Lipinski definition) is 5. The standard InChI is InChI=1S/C20H23F3IN3O4S/c1-12(2)10-27-17(8-13(3)25-27)26-11-14(9-19(26,24)18(28)29)32(30,31)16-7-5-4-6-15(16)20(21,22)23/h4-8,12,14H,9-11H2,1-3H3,(H,28,29)/t14-,19+/m1/s1. The maximum Gasteiger partial charge on any atom is 0.417 e. The van der Waals surface area contributed by atoms with Crippen LogP contribution < -0.4 is 4.90 Å². The second-order valence-electron chi connectivity index (χ2n) is 8.26. The van der Waals surface area contributed by atoms with E-state index >= 15 is 0 Å². The molecule has 32 heavy (non-hydrogen) atoms. The number of rotatable bonds is 6. The van der Waals surface area contributed by atoms with E-state index in [-0.39, 0.29) is 18.9 Å². The molecule has 0 radical (unpaired) electrons. The number of carboxylic acids is 1. The topological polar surface area (TPSA) is 92.5 Å². The molecule has 3 rings (SSSR count). The summed E-state index contributed by atoms with van der Waals surface area (Å²) in [6, 6.07) is 5.65. The van der Waals surface area contributed by atoms with Crippen molar-refractivity contribution in [3.05, 3.63) is 41.6 Å². The van der Waals surface area contributed by atoms with Crippen molar-refractivity contribution in [2.45, 2.75) is 53.6 Å². The van der Waals surface area contributed by atoms with Crippen LogP contribution in [0.3, 0.4) is 0 Å². The van der Waals surface area contributed by atoms with Crippen LogP contribution in [0.25, 0.3) is 0 Å². The van der Waals surface area contributed by atoms with Gasteiger partial charge in [0.15, 0.2) is 13.4 Å². The summed E-state index contributed by atoms with van der Waals surface area (Å²) < 4.78 is 67.0. The molecule has 2 atom stereocenters. The summed E-state index contributed by atoms with van der Waals surface area (Å²) in [5.41, 5.74) is -0.632. The Hall–Kier alpha value is -1.83. The average Bonchev–Trinajstić information content (AvgIpc) is 3.21. The molecule has 0 spiro atoms. The van der Waals surface area contributed by atoms with Gasteiger partial charge < -0.3 is 10.0 Å². The van der Waals surface area contributed by atoms with Crippen LogP contribution >= 0.6 is 22.6 Å². The number of carboxylic acid groups (broad SMARTS) is 1. The van der Waals surface area contributed by atoms with E-state index in [9.17, 15) is 31.5 Å². The fourth-order valence-electron chi connectivity index (χ4n) is 3.87. The lowest BCUT2D eigenvalue weighted by atomic mass is 10.2. The van der Waals surface area contributed by atoms with Crippen LogP contribution in [0, 0.1) is 12.8 Å². The van der Waals surface area contributed by atoms with E-state index in [2.05, 4.69) is 5.10 Å². The quantitative estimate of drug-likeness (QED) is 0.312. The third-order valence-electron chi connectivity index (χ3n) is 5.27. The van der Waals surface area contributed by atoms with Gasteiger partial charge in [-0.1, -0.05) is 26.0 Å². The predicted octanol–water partition coefficient (Wildman–Crippen LogP) is 4.13. The number of benzene rings is 1. The molecule has 2 aromatic rings. The molecule has 1 aromatic carbocycles. The molecule has 0 unspecified atom stereocenters. The SMILES string of the molecule is Cc1cc(N2C[C@H](S(=O)(=O)c3ccccc3C(F)(F)F)C[C@@]2(I)C(=O)O)n(CC(C)C)n1. The summed E-state index contributed by atoms with van der Waals surface area (Å²) >= 11 is 1.68. The van der Waals surface area contributed by atoms with Gasteiger partial charge in [0.25, 0.3) is 0 Å². The minimum Gasteiger partial charge on any atom is -0.479 e. The van der Waals surface area contributed by atoms with Crippen LogP contribution in [0.5, 0.6) is 0 Å². The zero-order valence-corrected chi connectivity index (χ0v) is 20.6. The first-order valence-corrected chi connectivity index (χ1v) is 12.4. The second-order valence-corrected chi connectivity index (χ2v) is 12.2. The second kappa shape index (κ2) is 8.50. The van der Waals surface area contributed by atoms with Crippen molar-refractivity contribution in [1.82, 2.24) is 9.78 Å². The van der Waals surface area contributed by atoms with Crippen molar-refractivity contribution < 1.29 is 31.5 Å². The Bertz CT molecular complexity index is 1130. The van der Waals surface area contributed by atoms with E-state index in [0.717, 1.165) is 18.2 Å². The number of aryl methyl sites for hydroxylation is 1. The van der Waals surface area contributed by atoms with Crippen LogP contribution in [0.1, 0.15) is 31.5 Å². The highest BCUT2D eigenvalue weighted by atomic mass is 127. The first-order chi connectivity index (χ1) is 14.7. The van der Waals surface area contributed by atoms with Gasteiger partial charge in [-0.15, -0.1) is 0 Å². The van der Waals surface area contributed by atoms with Gasteiger partial charge in [0.05, 0.1) is 21.4 Å². The summed E-state index contributed by atoms with van der Waals surface area (Å²) in [5.74, 6) is -0.660. The first kappa shape index (κ1) is 24.8. The Balaban J connectivity index is 2.09. The maximum atomic E-state index is 13.5. The van der Waals surface area contributed by atoms with Gasteiger partial charge in [0, 0.05) is 25.6 Å². The molecule has 1 aliphatic heterocycles. The van der Waals surface area contributed by atoms with Crippen molar-refractivity contribution in [1.29, 1.82) is 0 Å². The summed E-state index contributed by atoms with van der Waals surface area (Å²) in [6.07, 6.45) is -5.23. The van der Waals surface area contributed by atoms with E-state index in [1.165, 1.54) is 11.0 Å². The molecule has 12 heteroatoms. The van der Waals surface area contributed by atoms with Gasteiger partial charge in [0.1, 0.15) is 5.82 Å². The zero-order chi connectivity index (χ0) is 24.1. The minimum atomic E-state index is -4.86.